The SMILES string of the molecule is CCC(CC)C(CNC(C)C)c1cccc(Cl)c1. The van der Waals surface area contributed by atoms with Gasteiger partial charge in [0.05, 0.1) is 0 Å². The maximum atomic E-state index is 6.12. The summed E-state index contributed by atoms with van der Waals surface area (Å²) in [4.78, 5) is 0. The summed E-state index contributed by atoms with van der Waals surface area (Å²) in [6.45, 7) is 9.98. The Morgan fingerprint density at radius 3 is 2.33 bits per heavy atom. The molecule has 1 nitrogen and oxygen atoms in total. The van der Waals surface area contributed by atoms with Gasteiger partial charge in [0.25, 0.3) is 0 Å². The Hall–Kier alpha value is -0.530. The second-order valence-electron chi connectivity index (χ2n) is 5.30. The smallest absolute Gasteiger partial charge is 0.0408 e. The van der Waals surface area contributed by atoms with Crippen molar-refractivity contribution < 1.29 is 0 Å². The first-order valence-electron chi connectivity index (χ1n) is 7.07. The van der Waals surface area contributed by atoms with Crippen molar-refractivity contribution in [2.24, 2.45) is 5.92 Å². The van der Waals surface area contributed by atoms with Crippen LogP contribution in [0.4, 0.5) is 0 Å². The molecule has 0 spiro atoms. The Labute approximate surface area is 117 Å². The van der Waals surface area contributed by atoms with Crippen molar-refractivity contribution in [1.29, 1.82) is 0 Å². The molecule has 0 radical (unpaired) electrons. The molecular weight excluding hydrogens is 242 g/mol. The van der Waals surface area contributed by atoms with E-state index in [4.69, 9.17) is 11.6 Å². The van der Waals surface area contributed by atoms with Gasteiger partial charge in [-0.2, -0.15) is 0 Å². The van der Waals surface area contributed by atoms with Crippen LogP contribution in [0.2, 0.25) is 5.02 Å². The zero-order chi connectivity index (χ0) is 13.5. The first-order chi connectivity index (χ1) is 8.58. The lowest BCUT2D eigenvalue weighted by Gasteiger charge is -2.27. The molecule has 0 aliphatic carbocycles. The van der Waals surface area contributed by atoms with Crippen LogP contribution in [0.25, 0.3) is 0 Å². The zero-order valence-corrected chi connectivity index (χ0v) is 12.8. The minimum atomic E-state index is 0.529. The standard InChI is InChI=1S/C16H26ClN/c1-5-13(6-2)16(11-18-12(3)4)14-8-7-9-15(17)10-14/h7-10,12-13,16,18H,5-6,11H2,1-4H3. The van der Waals surface area contributed by atoms with Crippen LogP contribution in [0.5, 0.6) is 0 Å². The van der Waals surface area contributed by atoms with Crippen molar-refractivity contribution in [2.75, 3.05) is 6.54 Å². The Balaban J connectivity index is 2.88. The van der Waals surface area contributed by atoms with Gasteiger partial charge in [-0.3, -0.25) is 0 Å². The van der Waals surface area contributed by atoms with Gasteiger partial charge in [0, 0.05) is 17.6 Å². The van der Waals surface area contributed by atoms with E-state index in [2.05, 4.69) is 51.2 Å². The summed E-state index contributed by atoms with van der Waals surface area (Å²) in [5.74, 6) is 1.27. The predicted molar refractivity (Wildman–Crippen MR) is 81.4 cm³/mol. The fourth-order valence-electron chi connectivity index (χ4n) is 2.51. The number of rotatable bonds is 7. The quantitative estimate of drug-likeness (QED) is 0.744. The summed E-state index contributed by atoms with van der Waals surface area (Å²) in [6.07, 6.45) is 2.43. The highest BCUT2D eigenvalue weighted by atomic mass is 35.5. The van der Waals surface area contributed by atoms with E-state index >= 15 is 0 Å². The summed E-state index contributed by atoms with van der Waals surface area (Å²) >= 11 is 6.12. The summed E-state index contributed by atoms with van der Waals surface area (Å²) in [5, 5.41) is 4.41. The van der Waals surface area contributed by atoms with E-state index in [1.807, 2.05) is 6.07 Å². The van der Waals surface area contributed by atoms with Gasteiger partial charge in [-0.05, 0) is 29.5 Å². The maximum Gasteiger partial charge on any atom is 0.0408 e. The van der Waals surface area contributed by atoms with Crippen LogP contribution in [-0.4, -0.2) is 12.6 Å². The molecule has 0 aliphatic heterocycles. The molecule has 1 aromatic rings. The number of hydrogen-bond acceptors (Lipinski definition) is 1. The van der Waals surface area contributed by atoms with Gasteiger partial charge in [-0.15, -0.1) is 0 Å². The highest BCUT2D eigenvalue weighted by Gasteiger charge is 2.20. The fraction of sp³-hybridized carbons (Fsp3) is 0.625. The van der Waals surface area contributed by atoms with Crippen LogP contribution in [0.15, 0.2) is 24.3 Å². The van der Waals surface area contributed by atoms with Gasteiger partial charge < -0.3 is 5.32 Å². The van der Waals surface area contributed by atoms with Crippen LogP contribution >= 0.6 is 11.6 Å². The molecule has 18 heavy (non-hydrogen) atoms. The molecule has 0 heterocycles. The number of benzene rings is 1. The average molecular weight is 268 g/mol. The van der Waals surface area contributed by atoms with Crippen molar-refractivity contribution >= 4 is 11.6 Å². The average Bonchev–Trinajstić information content (AvgIpc) is 2.34. The maximum absolute atomic E-state index is 6.12. The normalized spacial score (nSPS) is 13.3. The van der Waals surface area contributed by atoms with Crippen LogP contribution in [-0.2, 0) is 0 Å². The monoisotopic (exact) mass is 267 g/mol. The van der Waals surface area contributed by atoms with Gasteiger partial charge in [-0.1, -0.05) is 64.3 Å². The third kappa shape index (κ3) is 4.62. The van der Waals surface area contributed by atoms with E-state index in [1.54, 1.807) is 0 Å². The minimum absolute atomic E-state index is 0.529. The Morgan fingerprint density at radius 2 is 1.83 bits per heavy atom. The summed E-state index contributed by atoms with van der Waals surface area (Å²) in [7, 11) is 0. The second kappa shape index (κ2) is 7.81. The van der Waals surface area contributed by atoms with E-state index in [0.717, 1.165) is 17.5 Å². The van der Waals surface area contributed by atoms with Gasteiger partial charge in [-0.25, -0.2) is 0 Å². The van der Waals surface area contributed by atoms with Crippen molar-refractivity contribution in [1.82, 2.24) is 5.32 Å². The highest BCUT2D eigenvalue weighted by Crippen LogP contribution is 2.30. The summed E-state index contributed by atoms with van der Waals surface area (Å²) in [5.41, 5.74) is 1.37. The molecule has 0 amide bonds. The number of halogens is 1. The van der Waals surface area contributed by atoms with Crippen LogP contribution < -0.4 is 5.32 Å². The molecule has 0 saturated heterocycles. The fourth-order valence-corrected chi connectivity index (χ4v) is 2.71. The zero-order valence-electron chi connectivity index (χ0n) is 12.0. The van der Waals surface area contributed by atoms with E-state index in [1.165, 1.54) is 18.4 Å². The molecule has 0 aliphatic rings. The van der Waals surface area contributed by atoms with Crippen molar-refractivity contribution in [3.63, 3.8) is 0 Å². The molecule has 1 unspecified atom stereocenters. The van der Waals surface area contributed by atoms with Gasteiger partial charge in [0.2, 0.25) is 0 Å². The molecule has 0 bridgehead atoms. The molecule has 0 fully saturated rings. The third-order valence-electron chi connectivity index (χ3n) is 3.64. The first-order valence-corrected chi connectivity index (χ1v) is 7.45. The molecule has 1 aromatic carbocycles. The molecule has 102 valence electrons. The summed E-state index contributed by atoms with van der Waals surface area (Å²) < 4.78 is 0. The van der Waals surface area contributed by atoms with Crippen molar-refractivity contribution in [3.8, 4) is 0 Å². The van der Waals surface area contributed by atoms with Crippen LogP contribution in [0.3, 0.4) is 0 Å². The summed E-state index contributed by atoms with van der Waals surface area (Å²) in [6, 6.07) is 8.86. The van der Waals surface area contributed by atoms with Crippen LogP contribution in [0.1, 0.15) is 52.0 Å². The molecular formula is C16H26ClN. The van der Waals surface area contributed by atoms with Gasteiger partial charge in [0.15, 0.2) is 0 Å². The lowest BCUT2D eigenvalue weighted by atomic mass is 9.82. The molecule has 0 aromatic heterocycles. The van der Waals surface area contributed by atoms with E-state index in [0.29, 0.717) is 12.0 Å². The minimum Gasteiger partial charge on any atom is -0.314 e. The highest BCUT2D eigenvalue weighted by molar-refractivity contribution is 6.30. The molecule has 0 saturated carbocycles. The number of hydrogen-bond donors (Lipinski definition) is 1. The van der Waals surface area contributed by atoms with E-state index in [-0.39, 0.29) is 0 Å². The largest absolute Gasteiger partial charge is 0.314 e. The van der Waals surface area contributed by atoms with E-state index in [9.17, 15) is 0 Å². The van der Waals surface area contributed by atoms with Crippen molar-refractivity contribution in [3.05, 3.63) is 34.9 Å². The topological polar surface area (TPSA) is 12.0 Å². The Morgan fingerprint density at radius 1 is 1.17 bits per heavy atom. The lowest BCUT2D eigenvalue weighted by Crippen LogP contribution is -2.31. The van der Waals surface area contributed by atoms with Crippen LogP contribution in [0, 0.1) is 5.92 Å². The van der Waals surface area contributed by atoms with Gasteiger partial charge in [0.1, 0.15) is 0 Å². The Bertz CT molecular complexity index is 345. The molecule has 1 atom stereocenters. The van der Waals surface area contributed by atoms with Gasteiger partial charge >= 0.3 is 0 Å². The first kappa shape index (κ1) is 15.5. The second-order valence-corrected chi connectivity index (χ2v) is 5.74. The lowest BCUT2D eigenvalue weighted by molar-refractivity contribution is 0.370. The molecule has 2 heteroatoms. The molecule has 1 rings (SSSR count). The predicted octanol–water partition coefficient (Wildman–Crippen LogP) is 4.86. The molecule has 1 N–H and O–H groups in total. The van der Waals surface area contributed by atoms with Crippen molar-refractivity contribution in [2.45, 2.75) is 52.5 Å². The van der Waals surface area contributed by atoms with E-state index < -0.39 is 0 Å². The number of nitrogens with one attached hydrogen (secondary N) is 1. The third-order valence-corrected chi connectivity index (χ3v) is 3.88. The Kier molecular flexibility index (Phi) is 6.73.